The molecule has 0 aliphatic carbocycles. The predicted octanol–water partition coefficient (Wildman–Crippen LogP) is 3.65. The van der Waals surface area contributed by atoms with Gasteiger partial charge in [-0.3, -0.25) is 9.36 Å². The second-order valence-corrected chi connectivity index (χ2v) is 10.9. The van der Waals surface area contributed by atoms with Crippen LogP contribution in [-0.2, 0) is 9.53 Å². The maximum absolute atomic E-state index is 13.7. The molecular weight excluding hydrogens is 556 g/mol. The molecule has 1 aromatic carbocycles. The first-order chi connectivity index (χ1) is 16.8. The van der Waals surface area contributed by atoms with Crippen molar-refractivity contribution in [2.75, 3.05) is 27.9 Å². The molecule has 0 unspecified atom stereocenters. The lowest BCUT2D eigenvalue weighted by atomic mass is 9.95. The average Bonchev–Trinajstić information content (AvgIpc) is 3.39. The summed E-state index contributed by atoms with van der Waals surface area (Å²) in [6, 6.07) is 6.53. The number of allylic oxidation sites excluding steroid dienone is 1. The molecule has 0 N–H and O–H groups in total. The Bertz CT molecular complexity index is 1480. The number of rotatable bonds is 7. The number of fused-ring (bicyclic) bond motifs is 1. The van der Waals surface area contributed by atoms with Crippen LogP contribution in [0.25, 0.3) is 6.08 Å². The molecule has 1 atom stereocenters. The molecular formula is C24H23BrN2O6S2. The SMILES string of the molecule is CCOC(=O)C1=C(C)N=c2s/c(=C/c3ccc(Br)s3)c(=O)n2[C@H]1c1cc(OC)c(OC)c(OC)c1. The van der Waals surface area contributed by atoms with E-state index in [-0.39, 0.29) is 17.7 Å². The standard InChI is InChI=1S/C24H23BrN2O6S2/c1-6-33-23(29)19-12(2)26-24-27(22(28)17(35-24)11-14-7-8-18(25)34-14)20(19)13-9-15(30-3)21(32-5)16(10-13)31-4/h7-11,20H,6H2,1-5H3/b17-11+/t20-/m0/s1. The highest BCUT2D eigenvalue weighted by Crippen LogP contribution is 2.42. The number of benzene rings is 1. The first kappa shape index (κ1) is 25.2. The number of thiazole rings is 1. The van der Waals surface area contributed by atoms with Gasteiger partial charge in [0.25, 0.3) is 5.56 Å². The van der Waals surface area contributed by atoms with E-state index in [1.54, 1.807) is 26.0 Å². The van der Waals surface area contributed by atoms with E-state index >= 15 is 0 Å². The number of aromatic nitrogens is 1. The van der Waals surface area contributed by atoms with Crippen LogP contribution in [0.15, 0.2) is 49.1 Å². The van der Waals surface area contributed by atoms with Crippen molar-refractivity contribution in [3.63, 3.8) is 0 Å². The summed E-state index contributed by atoms with van der Waals surface area (Å²) in [5, 5.41) is 0. The van der Waals surface area contributed by atoms with Gasteiger partial charge in [0.1, 0.15) is 0 Å². The van der Waals surface area contributed by atoms with Gasteiger partial charge < -0.3 is 18.9 Å². The number of ether oxygens (including phenoxy) is 4. The highest BCUT2D eigenvalue weighted by molar-refractivity contribution is 9.11. The molecule has 4 rings (SSSR count). The first-order valence-electron chi connectivity index (χ1n) is 10.6. The smallest absolute Gasteiger partial charge is 0.338 e. The highest BCUT2D eigenvalue weighted by Gasteiger charge is 2.34. The van der Waals surface area contributed by atoms with E-state index in [9.17, 15) is 9.59 Å². The minimum atomic E-state index is -0.795. The van der Waals surface area contributed by atoms with Gasteiger partial charge in [-0.25, -0.2) is 9.79 Å². The normalized spacial score (nSPS) is 15.5. The number of esters is 1. The van der Waals surface area contributed by atoms with Crippen molar-refractivity contribution in [2.45, 2.75) is 19.9 Å². The molecule has 0 fully saturated rings. The fourth-order valence-corrected chi connectivity index (χ4v) is 6.38. The van der Waals surface area contributed by atoms with Gasteiger partial charge in [0, 0.05) is 4.88 Å². The van der Waals surface area contributed by atoms with Crippen molar-refractivity contribution in [2.24, 2.45) is 4.99 Å². The van der Waals surface area contributed by atoms with E-state index in [0.29, 0.717) is 37.8 Å². The number of thiophene rings is 1. The fraction of sp³-hybridized carbons (Fsp3) is 0.292. The zero-order chi connectivity index (χ0) is 25.3. The summed E-state index contributed by atoms with van der Waals surface area (Å²) >= 11 is 6.24. The van der Waals surface area contributed by atoms with Crippen LogP contribution in [0.1, 0.15) is 30.3 Å². The van der Waals surface area contributed by atoms with Crippen LogP contribution in [0, 0.1) is 0 Å². The summed E-state index contributed by atoms with van der Waals surface area (Å²) < 4.78 is 24.9. The number of hydrogen-bond donors (Lipinski definition) is 0. The van der Waals surface area contributed by atoms with Crippen molar-refractivity contribution in [1.82, 2.24) is 4.57 Å². The molecule has 35 heavy (non-hydrogen) atoms. The maximum atomic E-state index is 13.7. The fourth-order valence-electron chi connectivity index (χ4n) is 3.90. The summed E-state index contributed by atoms with van der Waals surface area (Å²) in [6.45, 7) is 3.66. The molecule has 0 saturated carbocycles. The Labute approximate surface area is 217 Å². The van der Waals surface area contributed by atoms with Gasteiger partial charge in [0.05, 0.1) is 53.6 Å². The third-order valence-electron chi connectivity index (χ3n) is 5.39. The van der Waals surface area contributed by atoms with E-state index in [1.165, 1.54) is 48.6 Å². The van der Waals surface area contributed by atoms with Crippen molar-refractivity contribution in [3.05, 3.63) is 69.5 Å². The van der Waals surface area contributed by atoms with Gasteiger partial charge in [-0.2, -0.15) is 0 Å². The summed E-state index contributed by atoms with van der Waals surface area (Å²) in [7, 11) is 4.54. The molecule has 3 heterocycles. The lowest BCUT2D eigenvalue weighted by Gasteiger charge is -2.26. The molecule has 11 heteroatoms. The Hall–Kier alpha value is -2.89. The minimum Gasteiger partial charge on any atom is -0.493 e. The van der Waals surface area contributed by atoms with Gasteiger partial charge in [-0.05, 0) is 65.7 Å². The third kappa shape index (κ3) is 4.67. The van der Waals surface area contributed by atoms with Crippen LogP contribution in [0.4, 0.5) is 0 Å². The van der Waals surface area contributed by atoms with Crippen molar-refractivity contribution >= 4 is 50.6 Å². The van der Waals surface area contributed by atoms with Gasteiger partial charge in [0.2, 0.25) is 5.75 Å². The monoisotopic (exact) mass is 578 g/mol. The molecule has 0 radical (unpaired) electrons. The average molecular weight is 579 g/mol. The minimum absolute atomic E-state index is 0.190. The molecule has 0 saturated heterocycles. The quantitative estimate of drug-likeness (QED) is 0.398. The van der Waals surface area contributed by atoms with E-state index in [2.05, 4.69) is 20.9 Å². The van der Waals surface area contributed by atoms with E-state index in [0.717, 1.165) is 8.66 Å². The summed E-state index contributed by atoms with van der Waals surface area (Å²) in [6.07, 6.45) is 1.83. The Morgan fingerprint density at radius 2 is 1.83 bits per heavy atom. The summed E-state index contributed by atoms with van der Waals surface area (Å²) in [5.41, 5.74) is 1.10. The lowest BCUT2D eigenvalue weighted by Crippen LogP contribution is -2.40. The number of carbonyl (C=O) groups is 1. The number of carbonyl (C=O) groups excluding carboxylic acids is 1. The number of nitrogens with zero attached hydrogens (tertiary/aromatic N) is 2. The van der Waals surface area contributed by atoms with Crippen LogP contribution in [-0.4, -0.2) is 38.5 Å². The molecule has 0 bridgehead atoms. The lowest BCUT2D eigenvalue weighted by molar-refractivity contribution is -0.139. The molecule has 2 aromatic heterocycles. The molecule has 184 valence electrons. The van der Waals surface area contributed by atoms with Crippen LogP contribution in [0.3, 0.4) is 0 Å². The van der Waals surface area contributed by atoms with E-state index in [1.807, 2.05) is 18.2 Å². The van der Waals surface area contributed by atoms with Crippen LogP contribution >= 0.6 is 38.6 Å². The second-order valence-electron chi connectivity index (χ2n) is 7.40. The molecule has 0 spiro atoms. The van der Waals surface area contributed by atoms with Gasteiger partial charge >= 0.3 is 5.97 Å². The maximum Gasteiger partial charge on any atom is 0.338 e. The zero-order valence-corrected chi connectivity index (χ0v) is 22.9. The Kier molecular flexibility index (Phi) is 7.48. The Morgan fingerprint density at radius 1 is 1.14 bits per heavy atom. The van der Waals surface area contributed by atoms with Crippen molar-refractivity contribution < 1.29 is 23.7 Å². The molecule has 8 nitrogen and oxygen atoms in total. The van der Waals surface area contributed by atoms with Gasteiger partial charge in [-0.1, -0.05) is 11.3 Å². The highest BCUT2D eigenvalue weighted by atomic mass is 79.9. The Morgan fingerprint density at radius 3 is 2.37 bits per heavy atom. The first-order valence-corrected chi connectivity index (χ1v) is 13.0. The summed E-state index contributed by atoms with van der Waals surface area (Å²) in [5.74, 6) is 0.687. The van der Waals surface area contributed by atoms with Crippen molar-refractivity contribution in [3.8, 4) is 17.2 Å². The van der Waals surface area contributed by atoms with E-state index < -0.39 is 12.0 Å². The largest absolute Gasteiger partial charge is 0.493 e. The molecule has 3 aromatic rings. The molecule has 1 aliphatic rings. The topological polar surface area (TPSA) is 88.4 Å². The van der Waals surface area contributed by atoms with Crippen LogP contribution in [0.5, 0.6) is 17.2 Å². The van der Waals surface area contributed by atoms with Crippen LogP contribution < -0.4 is 29.1 Å². The summed E-state index contributed by atoms with van der Waals surface area (Å²) in [4.78, 5) is 32.8. The second kappa shape index (κ2) is 10.4. The molecule has 1 aliphatic heterocycles. The van der Waals surface area contributed by atoms with Crippen LogP contribution in [0.2, 0.25) is 0 Å². The number of halogens is 1. The number of methoxy groups -OCH3 is 3. The number of hydrogen-bond acceptors (Lipinski definition) is 9. The van der Waals surface area contributed by atoms with Gasteiger partial charge in [-0.15, -0.1) is 11.3 Å². The predicted molar refractivity (Wildman–Crippen MR) is 139 cm³/mol. The van der Waals surface area contributed by atoms with Gasteiger partial charge in [0.15, 0.2) is 16.3 Å². The Balaban J connectivity index is 2.02. The zero-order valence-electron chi connectivity index (χ0n) is 19.7. The third-order valence-corrected chi connectivity index (χ3v) is 7.94. The van der Waals surface area contributed by atoms with Crippen molar-refractivity contribution in [1.29, 1.82) is 0 Å². The molecule has 0 amide bonds. The van der Waals surface area contributed by atoms with E-state index in [4.69, 9.17) is 18.9 Å².